The van der Waals surface area contributed by atoms with Gasteiger partial charge in [0.1, 0.15) is 5.69 Å². The molecule has 0 aliphatic rings. The second kappa shape index (κ2) is 5.63. The summed E-state index contributed by atoms with van der Waals surface area (Å²) in [5.41, 5.74) is 0.520. The average Bonchev–Trinajstić information content (AvgIpc) is 3.00. The summed E-state index contributed by atoms with van der Waals surface area (Å²) in [6, 6.07) is 4.57. The van der Waals surface area contributed by atoms with Crippen LogP contribution in [0.3, 0.4) is 0 Å². The molecule has 3 rings (SSSR count). The highest BCUT2D eigenvalue weighted by molar-refractivity contribution is 9.10. The second-order valence-electron chi connectivity index (χ2n) is 4.02. The van der Waals surface area contributed by atoms with Gasteiger partial charge in [0, 0.05) is 22.1 Å². The first kappa shape index (κ1) is 14.3. The molecule has 0 saturated carbocycles. The van der Waals surface area contributed by atoms with Gasteiger partial charge in [0.2, 0.25) is 11.6 Å². The van der Waals surface area contributed by atoms with Crippen LogP contribution in [-0.4, -0.2) is 14.3 Å². The first-order valence-electron chi connectivity index (χ1n) is 5.72. The summed E-state index contributed by atoms with van der Waals surface area (Å²) in [7, 11) is 0. The fourth-order valence-corrected chi connectivity index (χ4v) is 3.16. The molecule has 0 saturated heterocycles. The van der Waals surface area contributed by atoms with Crippen LogP contribution in [-0.2, 0) is 5.88 Å². The number of benzene rings is 1. The van der Waals surface area contributed by atoms with Crippen molar-refractivity contribution in [3.8, 4) is 11.6 Å². The third-order valence-corrected chi connectivity index (χ3v) is 4.28. The van der Waals surface area contributed by atoms with E-state index < -0.39 is 4.92 Å². The summed E-state index contributed by atoms with van der Waals surface area (Å²) in [5.74, 6) is 0.597. The Morgan fingerprint density at radius 2 is 2.33 bits per heavy atom. The maximum Gasteiger partial charge on any atom is 0.312 e. The highest BCUT2D eigenvalue weighted by atomic mass is 79.9. The number of ether oxygens (including phenoxy) is 1. The lowest BCUT2D eigenvalue weighted by atomic mass is 10.3. The fourth-order valence-electron chi connectivity index (χ4n) is 1.84. The van der Waals surface area contributed by atoms with Crippen molar-refractivity contribution in [2.45, 2.75) is 5.88 Å². The van der Waals surface area contributed by atoms with Gasteiger partial charge < -0.3 is 4.74 Å². The van der Waals surface area contributed by atoms with Gasteiger partial charge in [0.05, 0.1) is 10.8 Å². The topological polar surface area (TPSA) is 69.7 Å². The number of nitrogens with zero attached hydrogens (tertiary/aromatic N) is 3. The van der Waals surface area contributed by atoms with Crippen LogP contribution in [0.1, 0.15) is 5.69 Å². The van der Waals surface area contributed by atoms with Crippen molar-refractivity contribution < 1.29 is 9.66 Å². The smallest absolute Gasteiger partial charge is 0.312 e. The van der Waals surface area contributed by atoms with Gasteiger partial charge in [-0.1, -0.05) is 15.9 Å². The molecule has 3 aromatic rings. The standard InChI is InChI=1S/C12H7BrClN3O3S/c13-7-1-2-10(8(5-7)17(18)19)20-11-9(6-14)16-3-4-21-12(16)15-11/h1-5H,6H2. The Kier molecular flexibility index (Phi) is 3.83. The largest absolute Gasteiger partial charge is 0.430 e. The lowest BCUT2D eigenvalue weighted by Gasteiger charge is -2.05. The van der Waals surface area contributed by atoms with Crippen molar-refractivity contribution in [3.05, 3.63) is 50.1 Å². The molecule has 21 heavy (non-hydrogen) atoms. The van der Waals surface area contributed by atoms with E-state index in [4.69, 9.17) is 16.3 Å². The summed E-state index contributed by atoms with van der Waals surface area (Å²) in [4.78, 5) is 15.6. The molecule has 0 fully saturated rings. The molecular formula is C12H7BrClN3O3S. The Balaban J connectivity index is 2.06. The van der Waals surface area contributed by atoms with E-state index in [-0.39, 0.29) is 23.2 Å². The number of aromatic nitrogens is 2. The molecule has 0 radical (unpaired) electrons. The molecule has 0 atom stereocenters. The van der Waals surface area contributed by atoms with E-state index in [0.717, 1.165) is 4.96 Å². The summed E-state index contributed by atoms with van der Waals surface area (Å²) < 4.78 is 8.02. The molecule has 0 aliphatic carbocycles. The van der Waals surface area contributed by atoms with Gasteiger partial charge in [-0.15, -0.1) is 22.9 Å². The van der Waals surface area contributed by atoms with Crippen molar-refractivity contribution in [1.29, 1.82) is 0 Å². The van der Waals surface area contributed by atoms with E-state index in [9.17, 15) is 10.1 Å². The van der Waals surface area contributed by atoms with Crippen molar-refractivity contribution in [2.75, 3.05) is 0 Å². The minimum absolute atomic E-state index is 0.125. The Morgan fingerprint density at radius 1 is 1.52 bits per heavy atom. The molecule has 108 valence electrons. The molecule has 0 aliphatic heterocycles. The minimum Gasteiger partial charge on any atom is -0.430 e. The molecule has 9 heteroatoms. The predicted octanol–water partition coefficient (Wildman–Crippen LogP) is 4.60. The Bertz CT molecular complexity index is 832. The van der Waals surface area contributed by atoms with Crippen LogP contribution in [0, 0.1) is 10.1 Å². The third kappa shape index (κ3) is 2.61. The number of hydrogen-bond acceptors (Lipinski definition) is 5. The van der Waals surface area contributed by atoms with Crippen molar-refractivity contribution in [2.24, 2.45) is 0 Å². The quantitative estimate of drug-likeness (QED) is 0.372. The minimum atomic E-state index is -0.501. The zero-order chi connectivity index (χ0) is 15.0. The molecule has 2 heterocycles. The number of nitro groups is 1. The van der Waals surface area contributed by atoms with Crippen LogP contribution in [0.5, 0.6) is 11.6 Å². The van der Waals surface area contributed by atoms with Crippen LogP contribution in [0.25, 0.3) is 4.96 Å². The zero-order valence-electron chi connectivity index (χ0n) is 10.3. The summed E-state index contributed by atoms with van der Waals surface area (Å²) in [5, 5.41) is 13.0. The summed E-state index contributed by atoms with van der Waals surface area (Å²) >= 11 is 10.6. The van der Waals surface area contributed by atoms with E-state index >= 15 is 0 Å². The Morgan fingerprint density at radius 3 is 3.05 bits per heavy atom. The fraction of sp³-hybridized carbons (Fsp3) is 0.0833. The number of rotatable bonds is 4. The van der Waals surface area contributed by atoms with Crippen molar-refractivity contribution in [1.82, 2.24) is 9.38 Å². The van der Waals surface area contributed by atoms with Gasteiger partial charge in [-0.3, -0.25) is 14.5 Å². The number of alkyl halides is 1. The molecule has 1 aromatic carbocycles. The first-order valence-corrected chi connectivity index (χ1v) is 7.93. The maximum atomic E-state index is 11.1. The number of nitro benzene ring substituents is 1. The van der Waals surface area contributed by atoms with Crippen LogP contribution < -0.4 is 4.74 Å². The highest BCUT2D eigenvalue weighted by Gasteiger charge is 2.20. The molecule has 0 amide bonds. The Hall–Kier alpha value is -1.64. The van der Waals surface area contributed by atoms with Gasteiger partial charge in [-0.05, 0) is 12.1 Å². The molecule has 0 N–H and O–H groups in total. The van der Waals surface area contributed by atoms with Gasteiger partial charge in [0.25, 0.3) is 0 Å². The second-order valence-corrected chi connectivity index (χ2v) is 6.08. The zero-order valence-corrected chi connectivity index (χ0v) is 13.5. The third-order valence-electron chi connectivity index (χ3n) is 2.78. The monoisotopic (exact) mass is 387 g/mol. The van der Waals surface area contributed by atoms with Gasteiger partial charge in [0.15, 0.2) is 4.96 Å². The first-order chi connectivity index (χ1) is 10.1. The number of fused-ring (bicyclic) bond motifs is 1. The number of thiazole rings is 1. The summed E-state index contributed by atoms with van der Waals surface area (Å²) in [6.07, 6.45) is 1.83. The lowest BCUT2D eigenvalue weighted by molar-refractivity contribution is -0.385. The van der Waals surface area contributed by atoms with Crippen LogP contribution in [0.4, 0.5) is 5.69 Å². The van der Waals surface area contributed by atoms with E-state index in [1.807, 2.05) is 11.6 Å². The summed E-state index contributed by atoms with van der Waals surface area (Å²) in [6.45, 7) is 0. The van der Waals surface area contributed by atoms with Crippen LogP contribution in [0.15, 0.2) is 34.2 Å². The molecule has 2 aromatic heterocycles. The lowest BCUT2D eigenvalue weighted by Crippen LogP contribution is -1.96. The van der Waals surface area contributed by atoms with Gasteiger partial charge in [-0.25, -0.2) is 0 Å². The van der Waals surface area contributed by atoms with E-state index in [1.54, 1.807) is 10.5 Å². The number of imidazole rings is 1. The number of halogens is 2. The SMILES string of the molecule is O=[N+]([O-])c1cc(Br)ccc1Oc1nc2sccn2c1CCl. The van der Waals surface area contributed by atoms with E-state index in [2.05, 4.69) is 20.9 Å². The average molecular weight is 389 g/mol. The molecule has 6 nitrogen and oxygen atoms in total. The highest BCUT2D eigenvalue weighted by Crippen LogP contribution is 2.35. The molecule has 0 bridgehead atoms. The maximum absolute atomic E-state index is 11.1. The predicted molar refractivity (Wildman–Crippen MR) is 83.5 cm³/mol. The van der Waals surface area contributed by atoms with E-state index in [1.165, 1.54) is 23.5 Å². The van der Waals surface area contributed by atoms with Gasteiger partial charge in [-0.2, -0.15) is 4.98 Å². The van der Waals surface area contributed by atoms with E-state index in [0.29, 0.717) is 10.2 Å². The van der Waals surface area contributed by atoms with Crippen molar-refractivity contribution >= 4 is 49.5 Å². The molecular weight excluding hydrogens is 382 g/mol. The molecule has 0 unspecified atom stereocenters. The normalized spacial score (nSPS) is 11.0. The molecule has 0 spiro atoms. The van der Waals surface area contributed by atoms with Crippen LogP contribution in [0.2, 0.25) is 0 Å². The van der Waals surface area contributed by atoms with Crippen molar-refractivity contribution in [3.63, 3.8) is 0 Å². The number of hydrogen-bond donors (Lipinski definition) is 0. The van der Waals surface area contributed by atoms with Crippen LogP contribution >= 0.6 is 38.9 Å². The Labute approximate surface area is 136 Å². The van der Waals surface area contributed by atoms with Gasteiger partial charge >= 0.3 is 5.69 Å².